The van der Waals surface area contributed by atoms with Crippen LogP contribution in [0.25, 0.3) is 10.9 Å². The number of benzene rings is 1. The van der Waals surface area contributed by atoms with Crippen molar-refractivity contribution in [1.82, 2.24) is 25.2 Å². The van der Waals surface area contributed by atoms with Gasteiger partial charge < -0.3 is 25.0 Å². The Morgan fingerprint density at radius 1 is 1.10 bits per heavy atom. The third-order valence-electron chi connectivity index (χ3n) is 8.24. The van der Waals surface area contributed by atoms with Crippen molar-refractivity contribution in [1.29, 1.82) is 0 Å². The number of carbonyl (C=O) groups is 4. The number of nitrogens with zero attached hydrogens (tertiary/aromatic N) is 2. The molecule has 0 bridgehead atoms. The van der Waals surface area contributed by atoms with Gasteiger partial charge in [0.15, 0.2) is 0 Å². The van der Waals surface area contributed by atoms with Gasteiger partial charge in [0.1, 0.15) is 35.1 Å². The second-order valence-electron chi connectivity index (χ2n) is 14.9. The molecule has 49 heavy (non-hydrogen) atoms. The molecule has 4 atom stereocenters. The van der Waals surface area contributed by atoms with Gasteiger partial charge in [-0.05, 0) is 70.6 Å². The van der Waals surface area contributed by atoms with Gasteiger partial charge in [-0.2, -0.15) is 0 Å². The molecule has 2 aliphatic rings. The molecular formula is C34H46ClN5O8S. The number of pyridine rings is 1. The molecule has 1 aromatic carbocycles. The number of rotatable bonds is 11. The average molecular weight is 720 g/mol. The molecule has 13 nitrogen and oxygen atoms in total. The van der Waals surface area contributed by atoms with Crippen LogP contribution in [0.2, 0.25) is 5.02 Å². The van der Waals surface area contributed by atoms with Gasteiger partial charge in [0.25, 0.3) is 5.91 Å². The number of hydrogen-bond acceptors (Lipinski definition) is 9. The molecular weight excluding hydrogens is 674 g/mol. The van der Waals surface area contributed by atoms with Crippen molar-refractivity contribution in [2.45, 2.75) is 109 Å². The van der Waals surface area contributed by atoms with Gasteiger partial charge in [-0.25, -0.2) is 13.2 Å². The molecule has 0 unspecified atom stereocenters. The van der Waals surface area contributed by atoms with E-state index in [9.17, 15) is 27.6 Å². The maximum absolute atomic E-state index is 14.4. The lowest BCUT2D eigenvalue weighted by atomic mass is 9.85. The maximum atomic E-state index is 14.4. The van der Waals surface area contributed by atoms with E-state index in [1.807, 2.05) is 0 Å². The second kappa shape index (κ2) is 14.1. The summed E-state index contributed by atoms with van der Waals surface area (Å²) >= 11 is 6.50. The number of sulfonamides is 1. The van der Waals surface area contributed by atoms with E-state index in [4.69, 9.17) is 21.1 Å². The lowest BCUT2D eigenvalue weighted by Crippen LogP contribution is -2.62. The van der Waals surface area contributed by atoms with Gasteiger partial charge in [-0.1, -0.05) is 44.5 Å². The third kappa shape index (κ3) is 9.21. The summed E-state index contributed by atoms with van der Waals surface area (Å²) in [5.74, 6) is -1.82. The van der Waals surface area contributed by atoms with Crippen molar-refractivity contribution in [3.8, 4) is 5.75 Å². The first-order chi connectivity index (χ1) is 22.6. The molecule has 0 spiro atoms. The number of likely N-dealkylation sites (tertiary alicyclic amines) is 1. The van der Waals surface area contributed by atoms with E-state index in [0.29, 0.717) is 34.5 Å². The van der Waals surface area contributed by atoms with E-state index in [1.54, 1.807) is 72.0 Å². The molecule has 1 aliphatic heterocycles. The fourth-order valence-electron chi connectivity index (χ4n) is 5.57. The first-order valence-electron chi connectivity index (χ1n) is 16.1. The van der Waals surface area contributed by atoms with Crippen molar-refractivity contribution >= 4 is 56.3 Å². The van der Waals surface area contributed by atoms with E-state index >= 15 is 0 Å². The fourth-order valence-corrected chi connectivity index (χ4v) is 7.23. The number of alkyl carbamates (subject to hydrolysis) is 1. The van der Waals surface area contributed by atoms with E-state index in [1.165, 1.54) is 17.9 Å². The summed E-state index contributed by atoms with van der Waals surface area (Å²) in [5.41, 5.74) is -2.78. The van der Waals surface area contributed by atoms with Crippen LogP contribution in [0.1, 0.15) is 74.1 Å². The zero-order valence-electron chi connectivity index (χ0n) is 29.0. The van der Waals surface area contributed by atoms with Crippen molar-refractivity contribution < 1.29 is 37.1 Å². The number of ether oxygens (including phenoxy) is 2. The van der Waals surface area contributed by atoms with E-state index < -0.39 is 73.8 Å². The average Bonchev–Trinajstić information content (AvgIpc) is 3.75. The summed E-state index contributed by atoms with van der Waals surface area (Å²) in [6, 6.07) is 4.56. The minimum atomic E-state index is -3.92. The van der Waals surface area contributed by atoms with Gasteiger partial charge in [0.05, 0.1) is 27.7 Å². The quantitative estimate of drug-likeness (QED) is 0.287. The predicted octanol–water partition coefficient (Wildman–Crippen LogP) is 4.24. The van der Waals surface area contributed by atoms with Crippen LogP contribution in [0.5, 0.6) is 5.75 Å². The topological polar surface area (TPSA) is 173 Å². The number of halogens is 1. The summed E-state index contributed by atoms with van der Waals surface area (Å²) in [7, 11) is -3.92. The highest BCUT2D eigenvalue weighted by molar-refractivity contribution is 7.91. The SMILES string of the molecule is C=CC[C@](C)(NC(=O)[C@H]1C[C@@H](Oc2cccc3nccc(Cl)c23)CN1C(=O)[C@@H](NC(=O)OC(C)(C)C)C(C)(C)C)C(=O)NS(=O)(=O)C1CC1. The highest BCUT2D eigenvalue weighted by Gasteiger charge is 2.48. The number of amides is 4. The lowest BCUT2D eigenvalue weighted by molar-refractivity contribution is -0.143. The van der Waals surface area contributed by atoms with Gasteiger partial charge in [0.2, 0.25) is 21.8 Å². The molecule has 0 radical (unpaired) electrons. The van der Waals surface area contributed by atoms with Crippen LogP contribution < -0.4 is 20.1 Å². The molecule has 3 N–H and O–H groups in total. The summed E-state index contributed by atoms with van der Waals surface area (Å²) in [6.07, 6.45) is 2.22. The van der Waals surface area contributed by atoms with Crippen LogP contribution in [-0.4, -0.2) is 83.2 Å². The fraction of sp³-hybridized carbons (Fsp3) is 0.559. The zero-order valence-corrected chi connectivity index (χ0v) is 30.5. The Hall–Kier alpha value is -3.91. The monoisotopic (exact) mass is 719 g/mol. The van der Waals surface area contributed by atoms with Crippen LogP contribution in [0, 0.1) is 5.41 Å². The smallest absolute Gasteiger partial charge is 0.408 e. The minimum absolute atomic E-state index is 0.00129. The van der Waals surface area contributed by atoms with Crippen molar-refractivity contribution in [2.24, 2.45) is 5.41 Å². The highest BCUT2D eigenvalue weighted by Crippen LogP contribution is 2.35. The summed E-state index contributed by atoms with van der Waals surface area (Å²) in [5, 5.41) is 5.68. The molecule has 1 aromatic heterocycles. The number of fused-ring (bicyclic) bond motifs is 1. The third-order valence-corrected chi connectivity index (χ3v) is 10.4. The molecule has 15 heteroatoms. The highest BCUT2D eigenvalue weighted by atomic mass is 35.5. The first kappa shape index (κ1) is 37.9. The van der Waals surface area contributed by atoms with Gasteiger partial charge >= 0.3 is 6.09 Å². The van der Waals surface area contributed by atoms with Gasteiger partial charge in [-0.15, -0.1) is 6.58 Å². The van der Waals surface area contributed by atoms with Gasteiger partial charge in [0, 0.05) is 12.6 Å². The van der Waals surface area contributed by atoms with Crippen LogP contribution in [0.3, 0.4) is 0 Å². The summed E-state index contributed by atoms with van der Waals surface area (Å²) < 4.78 is 39.2. The first-order valence-corrected chi connectivity index (χ1v) is 18.1. The molecule has 2 fully saturated rings. The van der Waals surface area contributed by atoms with Crippen molar-refractivity contribution in [3.05, 3.63) is 48.1 Å². The van der Waals surface area contributed by atoms with E-state index in [-0.39, 0.29) is 19.4 Å². The standard InChI is InChI=1S/C34H46ClN5O8S/c1-9-16-34(8,30(43)39-49(45,46)21-13-14-21)38-28(41)24-18-20(47-25-12-10-11-23-26(25)22(35)15-17-36-23)19-40(24)29(42)27(32(2,3)4)37-31(44)48-33(5,6)7/h9-12,15,17,20-21,24,27H,1,13-14,16,18-19H2,2-8H3,(H,37,44)(H,38,41)(H,39,43)/t20-,24-,27-,34+/m1/s1. The van der Waals surface area contributed by atoms with Crippen LogP contribution >= 0.6 is 11.6 Å². The Bertz CT molecular complexity index is 1730. The predicted molar refractivity (Wildman–Crippen MR) is 185 cm³/mol. The molecule has 1 saturated heterocycles. The van der Waals surface area contributed by atoms with Crippen LogP contribution in [0.15, 0.2) is 43.1 Å². The molecule has 1 saturated carbocycles. The van der Waals surface area contributed by atoms with E-state index in [0.717, 1.165) is 0 Å². The number of hydrogen-bond donors (Lipinski definition) is 3. The molecule has 4 rings (SSSR count). The van der Waals surface area contributed by atoms with E-state index in [2.05, 4.69) is 26.9 Å². The van der Waals surface area contributed by atoms with Crippen LogP contribution in [0.4, 0.5) is 4.79 Å². The molecule has 4 amide bonds. The summed E-state index contributed by atoms with van der Waals surface area (Å²) in [4.78, 5) is 60.4. The number of aromatic nitrogens is 1. The molecule has 2 heterocycles. The number of nitrogens with one attached hydrogen (secondary N) is 3. The molecule has 1 aliphatic carbocycles. The summed E-state index contributed by atoms with van der Waals surface area (Å²) in [6.45, 7) is 15.4. The van der Waals surface area contributed by atoms with Crippen molar-refractivity contribution in [2.75, 3.05) is 6.54 Å². The van der Waals surface area contributed by atoms with Crippen LogP contribution in [-0.2, 0) is 29.1 Å². The largest absolute Gasteiger partial charge is 0.488 e. The Balaban J connectivity index is 1.67. The van der Waals surface area contributed by atoms with Crippen molar-refractivity contribution in [3.63, 3.8) is 0 Å². The van der Waals surface area contributed by atoms with Gasteiger partial charge in [-0.3, -0.25) is 24.1 Å². The minimum Gasteiger partial charge on any atom is -0.488 e. The second-order valence-corrected chi connectivity index (χ2v) is 17.2. The molecule has 2 aromatic rings. The lowest BCUT2D eigenvalue weighted by Gasteiger charge is -2.36. The Kier molecular flexibility index (Phi) is 10.9. The maximum Gasteiger partial charge on any atom is 0.408 e. The Labute approximate surface area is 292 Å². The Morgan fingerprint density at radius 2 is 1.78 bits per heavy atom. The Morgan fingerprint density at radius 3 is 2.37 bits per heavy atom. The zero-order chi connectivity index (χ0) is 36.5. The normalized spacial score (nSPS) is 20.1. The number of carbonyl (C=O) groups excluding carboxylic acids is 4. The molecule has 268 valence electrons.